The largest absolute Gasteiger partial charge is 0.316 e. The molecule has 2 heteroatoms. The Hall–Kier alpha value is -0.470. The fourth-order valence-electron chi connectivity index (χ4n) is 2.49. The number of hydrogen-bond donors (Lipinski definition) is 1. The van der Waals surface area contributed by atoms with Gasteiger partial charge in [-0.15, -0.1) is 11.8 Å². The van der Waals surface area contributed by atoms with E-state index in [-0.39, 0.29) is 0 Å². The summed E-state index contributed by atoms with van der Waals surface area (Å²) < 4.78 is 0. The van der Waals surface area contributed by atoms with Crippen LogP contribution in [0.3, 0.4) is 0 Å². The molecule has 2 atom stereocenters. The maximum atomic E-state index is 3.51. The minimum atomic E-state index is 0.649. The van der Waals surface area contributed by atoms with Crippen LogP contribution in [-0.2, 0) is 0 Å². The Morgan fingerprint density at radius 1 is 1.44 bits per heavy atom. The van der Waals surface area contributed by atoms with E-state index in [1.165, 1.54) is 29.9 Å². The lowest BCUT2D eigenvalue weighted by atomic mass is 9.90. The fraction of sp³-hybridized carbons (Fsp3) is 0.571. The summed E-state index contributed by atoms with van der Waals surface area (Å²) in [5, 5.41) is 3.51. The first-order valence-corrected chi connectivity index (χ1v) is 7.24. The van der Waals surface area contributed by atoms with Crippen LogP contribution >= 0.6 is 11.8 Å². The average molecular weight is 235 g/mol. The van der Waals surface area contributed by atoms with Gasteiger partial charge in [-0.1, -0.05) is 38.0 Å². The normalized spacial score (nSPS) is 20.8. The van der Waals surface area contributed by atoms with Gasteiger partial charge >= 0.3 is 0 Å². The molecule has 0 saturated carbocycles. The summed E-state index contributed by atoms with van der Waals surface area (Å²) >= 11 is 2.01. The highest BCUT2D eigenvalue weighted by Crippen LogP contribution is 2.41. The second-order valence-electron chi connectivity index (χ2n) is 4.49. The van der Waals surface area contributed by atoms with Gasteiger partial charge in [-0.2, -0.15) is 0 Å². The zero-order valence-electron chi connectivity index (χ0n) is 10.2. The van der Waals surface area contributed by atoms with E-state index in [4.69, 9.17) is 0 Å². The van der Waals surface area contributed by atoms with Crippen molar-refractivity contribution in [2.75, 3.05) is 12.8 Å². The predicted molar refractivity (Wildman–Crippen MR) is 72.3 cm³/mol. The molecule has 1 aliphatic rings. The summed E-state index contributed by atoms with van der Waals surface area (Å²) in [7, 11) is 2.10. The number of hydrogen-bond acceptors (Lipinski definition) is 2. The summed E-state index contributed by atoms with van der Waals surface area (Å²) in [6.45, 7) is 2.27. The second kappa shape index (κ2) is 5.74. The summed E-state index contributed by atoms with van der Waals surface area (Å²) in [4.78, 5) is 1.49. The highest BCUT2D eigenvalue weighted by molar-refractivity contribution is 7.99. The Morgan fingerprint density at radius 2 is 2.25 bits per heavy atom. The molecule has 16 heavy (non-hydrogen) atoms. The zero-order chi connectivity index (χ0) is 11.4. The molecule has 0 aromatic heterocycles. The minimum absolute atomic E-state index is 0.649. The van der Waals surface area contributed by atoms with Gasteiger partial charge in [0.25, 0.3) is 0 Å². The van der Waals surface area contributed by atoms with Crippen LogP contribution in [0.25, 0.3) is 0 Å². The first kappa shape index (κ1) is 12.0. The Labute approximate surface area is 103 Å². The summed E-state index contributed by atoms with van der Waals surface area (Å²) in [6, 6.07) is 9.53. The fourth-order valence-corrected chi connectivity index (χ4v) is 3.82. The SMILES string of the molecule is CCCCC(NC)C1CSc2ccccc21. The molecule has 1 heterocycles. The van der Waals surface area contributed by atoms with Crippen molar-refractivity contribution >= 4 is 11.8 Å². The third-order valence-corrected chi connectivity index (χ3v) is 4.67. The molecule has 2 unspecified atom stereocenters. The van der Waals surface area contributed by atoms with E-state index in [1.807, 2.05) is 11.8 Å². The number of unbranched alkanes of at least 4 members (excludes halogenated alkanes) is 1. The van der Waals surface area contributed by atoms with Gasteiger partial charge in [0.05, 0.1) is 0 Å². The van der Waals surface area contributed by atoms with Crippen LogP contribution in [-0.4, -0.2) is 18.8 Å². The van der Waals surface area contributed by atoms with Gasteiger partial charge in [0.1, 0.15) is 0 Å². The molecule has 1 aromatic carbocycles. The number of fused-ring (bicyclic) bond motifs is 1. The highest BCUT2D eigenvalue weighted by Gasteiger charge is 2.28. The monoisotopic (exact) mass is 235 g/mol. The van der Waals surface area contributed by atoms with E-state index < -0.39 is 0 Å². The molecule has 88 valence electrons. The van der Waals surface area contributed by atoms with E-state index in [0.717, 1.165) is 0 Å². The van der Waals surface area contributed by atoms with Crippen molar-refractivity contribution in [2.45, 2.75) is 43.0 Å². The predicted octanol–water partition coefficient (Wildman–Crippen LogP) is 3.65. The standard InChI is InChI=1S/C14H21NS/c1-3-4-8-13(15-2)12-10-16-14-9-6-5-7-11(12)14/h5-7,9,12-13,15H,3-4,8,10H2,1-2H3. The number of benzene rings is 1. The lowest BCUT2D eigenvalue weighted by molar-refractivity contribution is 0.446. The highest BCUT2D eigenvalue weighted by atomic mass is 32.2. The van der Waals surface area contributed by atoms with Crippen LogP contribution < -0.4 is 5.32 Å². The van der Waals surface area contributed by atoms with Crippen molar-refractivity contribution in [3.05, 3.63) is 29.8 Å². The molecule has 0 saturated heterocycles. The van der Waals surface area contributed by atoms with Gasteiger partial charge in [0.2, 0.25) is 0 Å². The number of thioether (sulfide) groups is 1. The quantitative estimate of drug-likeness (QED) is 0.836. The molecule has 0 spiro atoms. The van der Waals surface area contributed by atoms with Crippen molar-refractivity contribution < 1.29 is 0 Å². The van der Waals surface area contributed by atoms with Gasteiger partial charge < -0.3 is 5.32 Å². The lowest BCUT2D eigenvalue weighted by Crippen LogP contribution is -2.32. The molecule has 1 N–H and O–H groups in total. The number of rotatable bonds is 5. The van der Waals surface area contributed by atoms with E-state index in [2.05, 4.69) is 43.6 Å². The smallest absolute Gasteiger partial charge is 0.0141 e. The molecule has 1 aliphatic heterocycles. The lowest BCUT2D eigenvalue weighted by Gasteiger charge is -2.23. The molecule has 2 rings (SSSR count). The first-order chi connectivity index (χ1) is 7.86. The maximum absolute atomic E-state index is 3.51. The Balaban J connectivity index is 2.10. The molecule has 1 aromatic rings. The average Bonchev–Trinajstić information content (AvgIpc) is 2.75. The van der Waals surface area contributed by atoms with Crippen molar-refractivity contribution in [3.63, 3.8) is 0 Å². The number of nitrogens with one attached hydrogen (secondary N) is 1. The van der Waals surface area contributed by atoms with Gasteiger partial charge in [-0.25, -0.2) is 0 Å². The molecule has 0 fully saturated rings. The van der Waals surface area contributed by atoms with Gasteiger partial charge in [0.15, 0.2) is 0 Å². The maximum Gasteiger partial charge on any atom is 0.0141 e. The molecule has 0 bridgehead atoms. The third kappa shape index (κ3) is 2.44. The van der Waals surface area contributed by atoms with Crippen LogP contribution in [0.2, 0.25) is 0 Å². The Bertz CT molecular complexity index is 337. The summed E-state index contributed by atoms with van der Waals surface area (Å²) in [6.07, 6.45) is 3.92. The topological polar surface area (TPSA) is 12.0 Å². The van der Waals surface area contributed by atoms with Crippen LogP contribution in [0.4, 0.5) is 0 Å². The molecular weight excluding hydrogens is 214 g/mol. The van der Waals surface area contributed by atoms with Crippen molar-refractivity contribution in [2.24, 2.45) is 0 Å². The van der Waals surface area contributed by atoms with Crippen LogP contribution in [0, 0.1) is 0 Å². The first-order valence-electron chi connectivity index (χ1n) is 6.25. The van der Waals surface area contributed by atoms with Crippen molar-refractivity contribution in [1.82, 2.24) is 5.32 Å². The molecule has 0 aliphatic carbocycles. The molecule has 0 radical (unpaired) electrons. The van der Waals surface area contributed by atoms with E-state index >= 15 is 0 Å². The van der Waals surface area contributed by atoms with E-state index in [1.54, 1.807) is 5.56 Å². The third-order valence-electron chi connectivity index (χ3n) is 3.46. The summed E-state index contributed by atoms with van der Waals surface area (Å²) in [5.74, 6) is 1.95. The summed E-state index contributed by atoms with van der Waals surface area (Å²) in [5.41, 5.74) is 1.56. The van der Waals surface area contributed by atoms with E-state index in [0.29, 0.717) is 12.0 Å². The Morgan fingerprint density at radius 3 is 3.00 bits per heavy atom. The molecule has 1 nitrogen and oxygen atoms in total. The van der Waals surface area contributed by atoms with Crippen molar-refractivity contribution in [3.8, 4) is 0 Å². The van der Waals surface area contributed by atoms with Gasteiger partial charge in [-0.05, 0) is 25.1 Å². The van der Waals surface area contributed by atoms with Crippen molar-refractivity contribution in [1.29, 1.82) is 0 Å². The molecule has 0 amide bonds. The van der Waals surface area contributed by atoms with Gasteiger partial charge in [0, 0.05) is 22.6 Å². The van der Waals surface area contributed by atoms with Gasteiger partial charge in [-0.3, -0.25) is 0 Å². The molecular formula is C14H21NS. The van der Waals surface area contributed by atoms with Crippen LogP contribution in [0.1, 0.15) is 37.7 Å². The number of likely N-dealkylation sites (N-methyl/N-ethyl adjacent to an activating group) is 1. The minimum Gasteiger partial charge on any atom is -0.316 e. The van der Waals surface area contributed by atoms with E-state index in [9.17, 15) is 0 Å². The van der Waals surface area contributed by atoms with Crippen LogP contribution in [0.15, 0.2) is 29.2 Å². The Kier molecular flexibility index (Phi) is 4.30. The second-order valence-corrected chi connectivity index (χ2v) is 5.55. The van der Waals surface area contributed by atoms with Crippen LogP contribution in [0.5, 0.6) is 0 Å². The zero-order valence-corrected chi connectivity index (χ0v) is 11.0.